The standard InChI is InChI=1S/C27H37N5O3/c1-5-12-30-27(34)26(29)32(20-10-8-19(9-11-20)17-31-13-6-7-14-31)25(28)22-15-21(18(2)3)24(35-4)16-23(22)33/h8-11,15-16,18,28-29,33H,5-7,12-14,17H2,1-4H3,(H,30,34). The number of methoxy groups -OCH3 is 1. The van der Waals surface area contributed by atoms with Crippen LogP contribution in [0.25, 0.3) is 0 Å². The number of phenolic OH excluding ortho intramolecular Hbond substituents is 1. The highest BCUT2D eigenvalue weighted by molar-refractivity contribution is 6.48. The maximum Gasteiger partial charge on any atom is 0.287 e. The Bertz CT molecular complexity index is 1060. The molecule has 0 saturated carbocycles. The van der Waals surface area contributed by atoms with E-state index in [1.165, 1.54) is 30.9 Å². The van der Waals surface area contributed by atoms with E-state index in [0.29, 0.717) is 18.0 Å². The Balaban J connectivity index is 1.98. The Kier molecular flexibility index (Phi) is 8.87. The van der Waals surface area contributed by atoms with Gasteiger partial charge in [0, 0.05) is 24.8 Å². The molecule has 0 aliphatic carbocycles. The fourth-order valence-corrected chi connectivity index (χ4v) is 4.27. The molecule has 4 N–H and O–H groups in total. The normalized spacial score (nSPS) is 13.6. The summed E-state index contributed by atoms with van der Waals surface area (Å²) in [5, 5.41) is 31.0. The SMILES string of the molecule is CCCNC(=O)C(=N)N(C(=N)c1cc(C(C)C)c(OC)cc1O)c1ccc(CN2CCCC2)cc1. The molecule has 1 saturated heterocycles. The first-order valence-corrected chi connectivity index (χ1v) is 12.2. The summed E-state index contributed by atoms with van der Waals surface area (Å²) in [4.78, 5) is 16.4. The van der Waals surface area contributed by atoms with Gasteiger partial charge >= 0.3 is 0 Å². The summed E-state index contributed by atoms with van der Waals surface area (Å²) in [7, 11) is 1.54. The van der Waals surface area contributed by atoms with Gasteiger partial charge in [-0.15, -0.1) is 0 Å². The van der Waals surface area contributed by atoms with Crippen molar-refractivity contribution in [1.82, 2.24) is 10.2 Å². The molecule has 0 unspecified atom stereocenters. The second kappa shape index (κ2) is 11.8. The average molecular weight is 480 g/mol. The van der Waals surface area contributed by atoms with E-state index in [0.717, 1.165) is 37.2 Å². The van der Waals surface area contributed by atoms with Crippen LogP contribution in [-0.2, 0) is 11.3 Å². The van der Waals surface area contributed by atoms with Gasteiger partial charge in [0.25, 0.3) is 5.91 Å². The largest absolute Gasteiger partial charge is 0.507 e. The minimum Gasteiger partial charge on any atom is -0.507 e. The minimum atomic E-state index is -0.574. The Morgan fingerprint density at radius 1 is 1.17 bits per heavy atom. The smallest absolute Gasteiger partial charge is 0.287 e. The molecule has 0 spiro atoms. The first kappa shape index (κ1) is 26.2. The van der Waals surface area contributed by atoms with Gasteiger partial charge in [0.05, 0.1) is 12.7 Å². The molecule has 35 heavy (non-hydrogen) atoms. The van der Waals surface area contributed by atoms with E-state index in [1.54, 1.807) is 6.07 Å². The molecule has 1 heterocycles. The molecular weight excluding hydrogens is 442 g/mol. The van der Waals surface area contributed by atoms with Gasteiger partial charge in [0.15, 0.2) is 5.84 Å². The van der Waals surface area contributed by atoms with E-state index in [-0.39, 0.29) is 28.9 Å². The fraction of sp³-hybridized carbons (Fsp3) is 0.444. The van der Waals surface area contributed by atoms with Crippen molar-refractivity contribution in [1.29, 1.82) is 10.8 Å². The van der Waals surface area contributed by atoms with Crippen LogP contribution < -0.4 is 15.0 Å². The van der Waals surface area contributed by atoms with Gasteiger partial charge in [-0.25, -0.2) is 0 Å². The summed E-state index contributed by atoms with van der Waals surface area (Å²) in [5.41, 5.74) is 2.70. The van der Waals surface area contributed by atoms with Gasteiger partial charge < -0.3 is 15.2 Å². The lowest BCUT2D eigenvalue weighted by molar-refractivity contribution is -0.114. The van der Waals surface area contributed by atoms with Crippen LogP contribution in [-0.4, -0.2) is 54.3 Å². The number of carbonyl (C=O) groups is 1. The second-order valence-corrected chi connectivity index (χ2v) is 9.20. The van der Waals surface area contributed by atoms with E-state index < -0.39 is 5.91 Å². The maximum atomic E-state index is 12.7. The number of phenols is 1. The van der Waals surface area contributed by atoms with Crippen LogP contribution in [0.3, 0.4) is 0 Å². The van der Waals surface area contributed by atoms with Crippen molar-refractivity contribution in [3.8, 4) is 11.5 Å². The molecule has 1 amide bonds. The second-order valence-electron chi connectivity index (χ2n) is 9.20. The number of hydrogen-bond donors (Lipinski definition) is 4. The third kappa shape index (κ3) is 6.19. The zero-order valence-corrected chi connectivity index (χ0v) is 21.1. The molecule has 0 atom stereocenters. The summed E-state index contributed by atoms with van der Waals surface area (Å²) in [6.45, 7) is 9.40. The summed E-state index contributed by atoms with van der Waals surface area (Å²) in [6, 6.07) is 10.8. The van der Waals surface area contributed by atoms with Crippen LogP contribution in [0.4, 0.5) is 5.69 Å². The maximum absolute atomic E-state index is 12.7. The number of rotatable bonds is 8. The number of carbonyl (C=O) groups excluding carboxylic acids is 1. The van der Waals surface area contributed by atoms with Gasteiger partial charge in [-0.2, -0.15) is 0 Å². The molecule has 0 radical (unpaired) electrons. The molecule has 0 bridgehead atoms. The average Bonchev–Trinajstić information content (AvgIpc) is 3.36. The van der Waals surface area contributed by atoms with E-state index >= 15 is 0 Å². The fourth-order valence-electron chi connectivity index (χ4n) is 4.27. The molecule has 188 valence electrons. The molecule has 3 rings (SSSR count). The van der Waals surface area contributed by atoms with Gasteiger partial charge in [-0.05, 0) is 67.6 Å². The zero-order valence-electron chi connectivity index (χ0n) is 21.1. The number of amidine groups is 2. The van der Waals surface area contributed by atoms with E-state index in [9.17, 15) is 9.90 Å². The number of aromatic hydroxyl groups is 1. The molecule has 1 aliphatic rings. The number of anilines is 1. The summed E-state index contributed by atoms with van der Waals surface area (Å²) in [6.07, 6.45) is 3.17. The van der Waals surface area contributed by atoms with Gasteiger partial charge in [0.1, 0.15) is 17.3 Å². The predicted octanol–water partition coefficient (Wildman–Crippen LogP) is 4.46. The minimum absolute atomic E-state index is 0.0859. The van der Waals surface area contributed by atoms with Crippen LogP contribution in [0.5, 0.6) is 11.5 Å². The van der Waals surface area contributed by atoms with Crippen molar-refractivity contribution in [2.75, 3.05) is 31.6 Å². The number of nitrogens with one attached hydrogen (secondary N) is 3. The molecule has 1 fully saturated rings. The number of ether oxygens (including phenoxy) is 1. The lowest BCUT2D eigenvalue weighted by Gasteiger charge is -2.27. The van der Waals surface area contributed by atoms with Crippen molar-refractivity contribution >= 4 is 23.3 Å². The zero-order chi connectivity index (χ0) is 25.5. The summed E-state index contributed by atoms with van der Waals surface area (Å²) < 4.78 is 5.41. The molecule has 2 aromatic rings. The quantitative estimate of drug-likeness (QED) is 0.330. The predicted molar refractivity (Wildman–Crippen MR) is 140 cm³/mol. The van der Waals surface area contributed by atoms with Crippen molar-refractivity contribution in [3.63, 3.8) is 0 Å². The van der Waals surface area contributed by atoms with Crippen molar-refractivity contribution < 1.29 is 14.6 Å². The molecule has 0 aromatic heterocycles. The first-order chi connectivity index (χ1) is 16.8. The third-order valence-corrected chi connectivity index (χ3v) is 6.22. The van der Waals surface area contributed by atoms with Crippen LogP contribution in [0.2, 0.25) is 0 Å². The molecular formula is C27H37N5O3. The van der Waals surface area contributed by atoms with Crippen LogP contribution >= 0.6 is 0 Å². The molecule has 8 heteroatoms. The number of amides is 1. The van der Waals surface area contributed by atoms with Gasteiger partial charge in [-0.1, -0.05) is 32.9 Å². The van der Waals surface area contributed by atoms with Crippen LogP contribution in [0, 0.1) is 10.8 Å². The molecule has 8 nitrogen and oxygen atoms in total. The first-order valence-electron chi connectivity index (χ1n) is 12.2. The van der Waals surface area contributed by atoms with E-state index in [2.05, 4.69) is 10.2 Å². The number of hydrogen-bond acceptors (Lipinski definition) is 6. The Morgan fingerprint density at radius 3 is 2.40 bits per heavy atom. The van der Waals surface area contributed by atoms with Crippen molar-refractivity contribution in [2.45, 2.75) is 52.5 Å². The Hall–Kier alpha value is -3.39. The lowest BCUT2D eigenvalue weighted by Crippen LogP contribution is -2.46. The van der Waals surface area contributed by atoms with Gasteiger partial charge in [-0.3, -0.25) is 25.4 Å². The summed E-state index contributed by atoms with van der Waals surface area (Å²) >= 11 is 0. The monoisotopic (exact) mass is 479 g/mol. The highest BCUT2D eigenvalue weighted by Gasteiger charge is 2.27. The van der Waals surface area contributed by atoms with Crippen LogP contribution in [0.15, 0.2) is 36.4 Å². The Morgan fingerprint density at radius 2 is 1.83 bits per heavy atom. The highest BCUT2D eigenvalue weighted by atomic mass is 16.5. The molecule has 2 aromatic carbocycles. The number of likely N-dealkylation sites (tertiary alicyclic amines) is 1. The third-order valence-electron chi connectivity index (χ3n) is 6.22. The van der Waals surface area contributed by atoms with Crippen LogP contribution in [0.1, 0.15) is 62.6 Å². The van der Waals surface area contributed by atoms with Gasteiger partial charge in [0.2, 0.25) is 0 Å². The van der Waals surface area contributed by atoms with E-state index in [1.807, 2.05) is 45.0 Å². The summed E-state index contributed by atoms with van der Waals surface area (Å²) in [5.74, 6) is -0.637. The van der Waals surface area contributed by atoms with E-state index in [4.69, 9.17) is 15.6 Å². The number of benzene rings is 2. The van der Waals surface area contributed by atoms with Crippen molar-refractivity contribution in [3.05, 3.63) is 53.1 Å². The topological polar surface area (TPSA) is 113 Å². The lowest BCUT2D eigenvalue weighted by atomic mass is 9.98. The van der Waals surface area contributed by atoms with Crippen molar-refractivity contribution in [2.24, 2.45) is 0 Å². The Labute approximate surface area is 207 Å². The highest BCUT2D eigenvalue weighted by Crippen LogP contribution is 2.34. The number of nitrogens with zero attached hydrogens (tertiary/aromatic N) is 2. The molecule has 1 aliphatic heterocycles.